The van der Waals surface area contributed by atoms with Gasteiger partial charge < -0.3 is 9.47 Å². The molecule has 0 amide bonds. The summed E-state index contributed by atoms with van der Waals surface area (Å²) in [5.74, 6) is 0.927. The van der Waals surface area contributed by atoms with E-state index in [1.54, 1.807) is 12.1 Å². The van der Waals surface area contributed by atoms with Crippen LogP contribution in [0.4, 0.5) is 13.2 Å². The van der Waals surface area contributed by atoms with Crippen molar-refractivity contribution in [1.29, 1.82) is 0 Å². The van der Waals surface area contributed by atoms with Crippen molar-refractivity contribution in [2.24, 2.45) is 0 Å². The van der Waals surface area contributed by atoms with Gasteiger partial charge in [0, 0.05) is 11.6 Å². The number of benzene rings is 1. The number of rotatable bonds is 6. The van der Waals surface area contributed by atoms with Gasteiger partial charge in [-0.3, -0.25) is 0 Å². The molecule has 0 spiro atoms. The molecule has 0 unspecified atom stereocenters. The Kier molecular flexibility index (Phi) is 6.62. The van der Waals surface area contributed by atoms with Gasteiger partial charge in [0.05, 0.1) is 18.2 Å². The molecule has 0 atom stereocenters. The first-order chi connectivity index (χ1) is 8.87. The van der Waals surface area contributed by atoms with Gasteiger partial charge >= 0.3 is 5.51 Å². The summed E-state index contributed by atoms with van der Waals surface area (Å²) < 4.78 is 46.9. The smallest absolute Gasteiger partial charge is 0.441 e. The molecule has 0 bridgehead atoms. The van der Waals surface area contributed by atoms with Gasteiger partial charge in [-0.05, 0) is 45.4 Å². The first-order valence-electron chi connectivity index (χ1n) is 5.13. The SMILES string of the molecule is COc1cc(CCl)cc(Br)c1OCCSC(F)(F)F. The Labute approximate surface area is 126 Å². The third kappa shape index (κ3) is 5.71. The standard InChI is InChI=1S/C11H11BrClF3O2S/c1-17-9-5-7(6-13)4-8(12)10(9)18-2-3-19-11(14,15)16/h4-5H,2-3,6H2,1H3. The van der Waals surface area contributed by atoms with Crippen LogP contribution in [0.25, 0.3) is 0 Å². The zero-order valence-electron chi connectivity index (χ0n) is 9.89. The zero-order chi connectivity index (χ0) is 14.5. The van der Waals surface area contributed by atoms with Crippen LogP contribution in [-0.4, -0.2) is 25.0 Å². The third-order valence-electron chi connectivity index (χ3n) is 2.04. The van der Waals surface area contributed by atoms with Gasteiger partial charge in [0.15, 0.2) is 11.5 Å². The summed E-state index contributed by atoms with van der Waals surface area (Å²) in [5, 5.41) is 0. The van der Waals surface area contributed by atoms with Crippen molar-refractivity contribution in [2.75, 3.05) is 19.5 Å². The molecule has 0 aliphatic carbocycles. The van der Waals surface area contributed by atoms with Crippen LogP contribution in [0.15, 0.2) is 16.6 Å². The molecule has 0 saturated heterocycles. The number of alkyl halides is 4. The van der Waals surface area contributed by atoms with Gasteiger partial charge in [-0.15, -0.1) is 11.6 Å². The Morgan fingerprint density at radius 1 is 1.37 bits per heavy atom. The highest BCUT2D eigenvalue weighted by atomic mass is 79.9. The molecule has 2 nitrogen and oxygen atoms in total. The van der Waals surface area contributed by atoms with E-state index in [0.717, 1.165) is 5.56 Å². The number of halogens is 5. The first-order valence-corrected chi connectivity index (χ1v) is 7.44. The lowest BCUT2D eigenvalue weighted by atomic mass is 10.2. The Balaban J connectivity index is 2.67. The van der Waals surface area contributed by atoms with Gasteiger partial charge in [0.25, 0.3) is 0 Å². The van der Waals surface area contributed by atoms with Crippen LogP contribution in [0, 0.1) is 0 Å². The van der Waals surface area contributed by atoms with Crippen molar-refractivity contribution in [3.8, 4) is 11.5 Å². The number of ether oxygens (including phenoxy) is 2. The van der Waals surface area contributed by atoms with Crippen LogP contribution in [0.1, 0.15) is 5.56 Å². The average molecular weight is 380 g/mol. The zero-order valence-corrected chi connectivity index (χ0v) is 13.0. The Hall–Kier alpha value is -0.270. The second-order valence-electron chi connectivity index (χ2n) is 3.39. The van der Waals surface area contributed by atoms with E-state index in [4.69, 9.17) is 21.1 Å². The molecule has 0 aliphatic heterocycles. The van der Waals surface area contributed by atoms with Crippen molar-refractivity contribution in [1.82, 2.24) is 0 Å². The highest BCUT2D eigenvalue weighted by molar-refractivity contribution is 9.10. The van der Waals surface area contributed by atoms with Crippen LogP contribution in [0.2, 0.25) is 0 Å². The fraction of sp³-hybridized carbons (Fsp3) is 0.455. The summed E-state index contributed by atoms with van der Waals surface area (Å²) in [6.45, 7) is -0.0701. The molecule has 0 aliphatic rings. The van der Waals surface area contributed by atoms with Crippen molar-refractivity contribution >= 4 is 39.3 Å². The van der Waals surface area contributed by atoms with Crippen molar-refractivity contribution in [3.05, 3.63) is 22.2 Å². The van der Waals surface area contributed by atoms with E-state index < -0.39 is 5.51 Å². The minimum absolute atomic E-state index is 0.0701. The van der Waals surface area contributed by atoms with Crippen LogP contribution < -0.4 is 9.47 Å². The lowest BCUT2D eigenvalue weighted by Gasteiger charge is -2.14. The summed E-state index contributed by atoms with van der Waals surface area (Å²) in [7, 11) is 1.46. The summed E-state index contributed by atoms with van der Waals surface area (Å²) in [5.41, 5.74) is -3.42. The van der Waals surface area contributed by atoms with Crippen molar-refractivity contribution in [3.63, 3.8) is 0 Å². The van der Waals surface area contributed by atoms with E-state index >= 15 is 0 Å². The molecule has 108 valence electrons. The predicted molar refractivity (Wildman–Crippen MR) is 74.3 cm³/mol. The summed E-state index contributed by atoms with van der Waals surface area (Å²) in [6, 6.07) is 3.42. The molecule has 8 heteroatoms. The molecule has 1 aromatic carbocycles. The molecule has 0 aromatic heterocycles. The largest absolute Gasteiger partial charge is 0.493 e. The van der Waals surface area contributed by atoms with E-state index in [1.165, 1.54) is 7.11 Å². The topological polar surface area (TPSA) is 18.5 Å². The van der Waals surface area contributed by atoms with Crippen LogP contribution in [0.5, 0.6) is 11.5 Å². The molecule has 0 fully saturated rings. The number of thioether (sulfide) groups is 1. The number of methoxy groups -OCH3 is 1. The maximum atomic E-state index is 12.0. The summed E-state index contributed by atoms with van der Waals surface area (Å²) in [4.78, 5) is 0. The minimum Gasteiger partial charge on any atom is -0.493 e. The molecule has 0 heterocycles. The van der Waals surface area contributed by atoms with E-state index in [0.29, 0.717) is 21.9 Å². The molecule has 1 aromatic rings. The molecule has 0 N–H and O–H groups in total. The van der Waals surface area contributed by atoms with Crippen LogP contribution >= 0.6 is 39.3 Å². The first kappa shape index (κ1) is 16.8. The fourth-order valence-corrected chi connectivity index (χ4v) is 2.45. The molecule has 0 saturated carbocycles. The lowest BCUT2D eigenvalue weighted by Crippen LogP contribution is -2.08. The van der Waals surface area contributed by atoms with Crippen LogP contribution in [-0.2, 0) is 5.88 Å². The minimum atomic E-state index is -4.24. The number of hydrogen-bond acceptors (Lipinski definition) is 3. The highest BCUT2D eigenvalue weighted by Gasteiger charge is 2.27. The third-order valence-corrected chi connectivity index (χ3v) is 3.63. The van der Waals surface area contributed by atoms with E-state index in [-0.39, 0.29) is 24.1 Å². The quantitative estimate of drug-likeness (QED) is 0.521. The fourth-order valence-electron chi connectivity index (χ4n) is 1.29. The predicted octanol–water partition coefficient (Wildman–Crippen LogP) is 4.83. The molecular weight excluding hydrogens is 369 g/mol. The molecule has 1 rings (SSSR count). The Morgan fingerprint density at radius 3 is 2.58 bits per heavy atom. The van der Waals surface area contributed by atoms with E-state index in [9.17, 15) is 13.2 Å². The Bertz CT molecular complexity index is 429. The monoisotopic (exact) mass is 378 g/mol. The van der Waals surface area contributed by atoms with Gasteiger partial charge in [0.1, 0.15) is 0 Å². The Morgan fingerprint density at radius 2 is 2.05 bits per heavy atom. The molecule has 19 heavy (non-hydrogen) atoms. The van der Waals surface area contributed by atoms with E-state index in [1.807, 2.05) is 0 Å². The van der Waals surface area contributed by atoms with Crippen LogP contribution in [0.3, 0.4) is 0 Å². The van der Waals surface area contributed by atoms with Gasteiger partial charge in [0.2, 0.25) is 0 Å². The van der Waals surface area contributed by atoms with Gasteiger partial charge in [-0.1, -0.05) is 0 Å². The van der Waals surface area contributed by atoms with Crippen molar-refractivity contribution < 1.29 is 22.6 Å². The normalized spacial score (nSPS) is 11.5. The summed E-state index contributed by atoms with van der Waals surface area (Å²) >= 11 is 8.87. The highest BCUT2D eigenvalue weighted by Crippen LogP contribution is 2.37. The lowest BCUT2D eigenvalue weighted by molar-refractivity contribution is -0.0329. The van der Waals surface area contributed by atoms with Gasteiger partial charge in [-0.2, -0.15) is 13.2 Å². The maximum Gasteiger partial charge on any atom is 0.441 e. The maximum absolute atomic E-state index is 12.0. The number of hydrogen-bond donors (Lipinski definition) is 0. The van der Waals surface area contributed by atoms with Crippen molar-refractivity contribution in [2.45, 2.75) is 11.4 Å². The molecular formula is C11H11BrClF3O2S. The van der Waals surface area contributed by atoms with E-state index in [2.05, 4.69) is 15.9 Å². The second kappa shape index (κ2) is 7.50. The molecule has 0 radical (unpaired) electrons. The second-order valence-corrected chi connectivity index (χ2v) is 5.67. The average Bonchev–Trinajstić information content (AvgIpc) is 2.34. The van der Waals surface area contributed by atoms with Gasteiger partial charge in [-0.25, -0.2) is 0 Å². The summed E-state index contributed by atoms with van der Waals surface area (Å²) in [6.07, 6.45) is 0.